The summed E-state index contributed by atoms with van der Waals surface area (Å²) in [5, 5.41) is 16.2. The molecule has 152 valence electrons. The number of hydrogen-bond donors (Lipinski definition) is 2. The summed E-state index contributed by atoms with van der Waals surface area (Å²) in [6.45, 7) is -0.352. The number of nitrogens with zero attached hydrogens (tertiary/aromatic N) is 1. The van der Waals surface area contributed by atoms with Gasteiger partial charge in [-0.3, -0.25) is 19.7 Å². The Kier molecular flexibility index (Phi) is 6.61. The number of nitro groups is 1. The number of benzene rings is 3. The van der Waals surface area contributed by atoms with Crippen LogP contribution in [0.5, 0.6) is 5.75 Å². The lowest BCUT2D eigenvalue weighted by molar-refractivity contribution is -0.384. The molecule has 0 aliphatic carbocycles. The van der Waals surface area contributed by atoms with Crippen molar-refractivity contribution in [2.45, 2.75) is 0 Å². The molecule has 0 spiro atoms. The SMILES string of the molecule is O=C(COc1cccc(NC(=O)c2ccccc2)c1)Nc1cc([N+](=O)[O-])ccc1Cl. The zero-order valence-corrected chi connectivity index (χ0v) is 16.3. The maximum absolute atomic E-state index is 12.2. The van der Waals surface area contributed by atoms with Crippen LogP contribution in [0.4, 0.5) is 17.1 Å². The number of hydrogen-bond acceptors (Lipinski definition) is 5. The third-order valence-corrected chi connectivity index (χ3v) is 4.26. The van der Waals surface area contributed by atoms with E-state index in [2.05, 4.69) is 10.6 Å². The largest absolute Gasteiger partial charge is 0.484 e. The molecular formula is C21H16ClN3O5. The molecule has 0 heterocycles. The highest BCUT2D eigenvalue weighted by molar-refractivity contribution is 6.33. The highest BCUT2D eigenvalue weighted by Gasteiger charge is 2.13. The molecule has 0 saturated carbocycles. The molecule has 0 bridgehead atoms. The van der Waals surface area contributed by atoms with Crippen molar-refractivity contribution in [1.29, 1.82) is 0 Å². The van der Waals surface area contributed by atoms with Crippen LogP contribution in [-0.4, -0.2) is 23.3 Å². The minimum atomic E-state index is -0.586. The first kappa shape index (κ1) is 20.8. The molecule has 2 amide bonds. The average molecular weight is 426 g/mol. The van der Waals surface area contributed by atoms with Crippen LogP contribution < -0.4 is 15.4 Å². The van der Waals surface area contributed by atoms with E-state index < -0.39 is 10.8 Å². The molecule has 9 heteroatoms. The van der Waals surface area contributed by atoms with Crippen LogP contribution in [0.2, 0.25) is 5.02 Å². The Morgan fingerprint density at radius 1 is 0.967 bits per heavy atom. The van der Waals surface area contributed by atoms with Crippen molar-refractivity contribution in [3.05, 3.63) is 93.5 Å². The Bertz CT molecular complexity index is 1090. The van der Waals surface area contributed by atoms with E-state index in [0.717, 1.165) is 0 Å². The molecule has 0 saturated heterocycles. The van der Waals surface area contributed by atoms with Crippen LogP contribution in [-0.2, 0) is 4.79 Å². The van der Waals surface area contributed by atoms with E-state index in [1.54, 1.807) is 48.5 Å². The molecule has 8 nitrogen and oxygen atoms in total. The van der Waals surface area contributed by atoms with E-state index in [1.165, 1.54) is 18.2 Å². The van der Waals surface area contributed by atoms with Crippen LogP contribution in [0.1, 0.15) is 10.4 Å². The quantitative estimate of drug-likeness (QED) is 0.427. The molecule has 0 aromatic heterocycles. The monoisotopic (exact) mass is 425 g/mol. The normalized spacial score (nSPS) is 10.2. The van der Waals surface area contributed by atoms with Gasteiger partial charge in [-0.15, -0.1) is 0 Å². The first-order valence-corrected chi connectivity index (χ1v) is 9.13. The number of amides is 2. The number of nitrogens with one attached hydrogen (secondary N) is 2. The number of carbonyl (C=O) groups excluding carboxylic acids is 2. The molecule has 3 aromatic rings. The lowest BCUT2D eigenvalue weighted by Crippen LogP contribution is -2.20. The molecule has 3 rings (SSSR count). The number of non-ortho nitro benzene ring substituents is 1. The van der Waals surface area contributed by atoms with Crippen molar-refractivity contribution in [3.63, 3.8) is 0 Å². The smallest absolute Gasteiger partial charge is 0.271 e. The van der Waals surface area contributed by atoms with E-state index in [9.17, 15) is 19.7 Å². The van der Waals surface area contributed by atoms with Crippen LogP contribution in [0.3, 0.4) is 0 Å². The zero-order valence-electron chi connectivity index (χ0n) is 15.5. The first-order chi connectivity index (χ1) is 14.4. The maximum Gasteiger partial charge on any atom is 0.271 e. The summed E-state index contributed by atoms with van der Waals surface area (Å²) in [4.78, 5) is 34.6. The highest BCUT2D eigenvalue weighted by Crippen LogP contribution is 2.26. The summed E-state index contributed by atoms with van der Waals surface area (Å²) in [6, 6.07) is 19.0. The topological polar surface area (TPSA) is 111 Å². The fraction of sp³-hybridized carbons (Fsp3) is 0.0476. The number of carbonyl (C=O) groups is 2. The molecular weight excluding hydrogens is 410 g/mol. The predicted molar refractivity (Wildman–Crippen MR) is 113 cm³/mol. The molecule has 2 N–H and O–H groups in total. The second kappa shape index (κ2) is 9.53. The lowest BCUT2D eigenvalue weighted by Gasteiger charge is -2.10. The fourth-order valence-electron chi connectivity index (χ4n) is 2.51. The zero-order chi connectivity index (χ0) is 21.5. The van der Waals surface area contributed by atoms with Gasteiger partial charge >= 0.3 is 0 Å². The summed E-state index contributed by atoms with van der Waals surface area (Å²) in [5.41, 5.74) is 0.932. The van der Waals surface area contributed by atoms with Crippen molar-refractivity contribution < 1.29 is 19.2 Å². The summed E-state index contributed by atoms with van der Waals surface area (Å²) in [7, 11) is 0. The number of ether oxygens (including phenoxy) is 1. The van der Waals surface area contributed by atoms with Crippen LogP contribution >= 0.6 is 11.6 Å². The highest BCUT2D eigenvalue weighted by atomic mass is 35.5. The van der Waals surface area contributed by atoms with Gasteiger partial charge in [0.05, 0.1) is 15.6 Å². The van der Waals surface area contributed by atoms with Crippen LogP contribution in [0.25, 0.3) is 0 Å². The first-order valence-electron chi connectivity index (χ1n) is 8.75. The van der Waals surface area contributed by atoms with E-state index in [4.69, 9.17) is 16.3 Å². The van der Waals surface area contributed by atoms with Crippen LogP contribution in [0.15, 0.2) is 72.8 Å². The second-order valence-electron chi connectivity index (χ2n) is 6.11. The Morgan fingerprint density at radius 3 is 2.47 bits per heavy atom. The van der Waals surface area contributed by atoms with Gasteiger partial charge in [0.2, 0.25) is 0 Å². The van der Waals surface area contributed by atoms with Gasteiger partial charge in [0.15, 0.2) is 6.61 Å². The van der Waals surface area contributed by atoms with Crippen molar-refractivity contribution in [2.24, 2.45) is 0 Å². The van der Waals surface area contributed by atoms with Gasteiger partial charge in [0, 0.05) is 29.4 Å². The summed E-state index contributed by atoms with van der Waals surface area (Å²) >= 11 is 5.96. The molecule has 0 aliphatic rings. The van der Waals surface area contributed by atoms with Gasteiger partial charge in [0.25, 0.3) is 17.5 Å². The van der Waals surface area contributed by atoms with Crippen molar-refractivity contribution in [3.8, 4) is 5.75 Å². The minimum absolute atomic E-state index is 0.114. The Morgan fingerprint density at radius 2 is 1.73 bits per heavy atom. The predicted octanol–water partition coefficient (Wildman–Crippen LogP) is 4.52. The average Bonchev–Trinajstić information content (AvgIpc) is 2.74. The van der Waals surface area contributed by atoms with E-state index in [0.29, 0.717) is 17.0 Å². The Balaban J connectivity index is 1.59. The minimum Gasteiger partial charge on any atom is -0.484 e. The third kappa shape index (κ3) is 5.55. The van der Waals surface area contributed by atoms with E-state index in [1.807, 2.05) is 6.07 Å². The van der Waals surface area contributed by atoms with Gasteiger partial charge in [-0.2, -0.15) is 0 Å². The summed E-state index contributed by atoms with van der Waals surface area (Å²) < 4.78 is 5.45. The molecule has 30 heavy (non-hydrogen) atoms. The number of rotatable bonds is 7. The third-order valence-electron chi connectivity index (χ3n) is 3.93. The summed E-state index contributed by atoms with van der Waals surface area (Å²) in [5.74, 6) is -0.455. The van der Waals surface area contributed by atoms with E-state index in [-0.39, 0.29) is 28.9 Å². The fourth-order valence-corrected chi connectivity index (χ4v) is 2.68. The van der Waals surface area contributed by atoms with Crippen molar-refractivity contribution in [1.82, 2.24) is 0 Å². The Hall–Kier alpha value is -3.91. The number of anilines is 2. The standard InChI is InChI=1S/C21H16ClN3O5/c22-18-10-9-16(25(28)29)12-19(18)24-20(26)13-30-17-8-4-7-15(11-17)23-21(27)14-5-2-1-3-6-14/h1-12H,13H2,(H,23,27)(H,24,26). The molecule has 0 aliphatic heterocycles. The number of nitro benzene ring substituents is 1. The molecule has 0 fully saturated rings. The van der Waals surface area contributed by atoms with Crippen LogP contribution in [0, 0.1) is 10.1 Å². The maximum atomic E-state index is 12.2. The second-order valence-corrected chi connectivity index (χ2v) is 6.51. The van der Waals surface area contributed by atoms with Gasteiger partial charge < -0.3 is 15.4 Å². The van der Waals surface area contributed by atoms with Gasteiger partial charge in [-0.1, -0.05) is 35.9 Å². The number of halogens is 1. The van der Waals surface area contributed by atoms with Gasteiger partial charge in [-0.25, -0.2) is 0 Å². The van der Waals surface area contributed by atoms with Crippen molar-refractivity contribution >= 4 is 40.5 Å². The molecule has 0 radical (unpaired) electrons. The lowest BCUT2D eigenvalue weighted by atomic mass is 10.2. The van der Waals surface area contributed by atoms with Crippen molar-refractivity contribution in [2.75, 3.05) is 17.2 Å². The molecule has 0 atom stereocenters. The Labute approximate surface area is 176 Å². The molecule has 3 aromatic carbocycles. The van der Waals surface area contributed by atoms with E-state index >= 15 is 0 Å². The van der Waals surface area contributed by atoms with Gasteiger partial charge in [-0.05, 0) is 30.3 Å². The van der Waals surface area contributed by atoms with Gasteiger partial charge in [0.1, 0.15) is 5.75 Å². The molecule has 0 unspecified atom stereocenters. The summed E-state index contributed by atoms with van der Waals surface area (Å²) in [6.07, 6.45) is 0.